The normalized spacial score (nSPS) is 12.7. The van der Waals surface area contributed by atoms with Crippen LogP contribution in [0.5, 0.6) is 0 Å². The largest absolute Gasteiger partial charge is 0.395 e. The molecule has 0 heterocycles. The van der Waals surface area contributed by atoms with Crippen molar-refractivity contribution in [2.45, 2.75) is 32.7 Å². The smallest absolute Gasteiger partial charge is 0.0556 e. The summed E-state index contributed by atoms with van der Waals surface area (Å²) in [4.78, 5) is 0. The molecule has 0 saturated heterocycles. The summed E-state index contributed by atoms with van der Waals surface area (Å²) in [5.41, 5.74) is 2.68. The Labute approximate surface area is 92.3 Å². The Morgan fingerprint density at radius 3 is 2.47 bits per heavy atom. The highest BCUT2D eigenvalue weighted by Gasteiger charge is 2.03. The van der Waals surface area contributed by atoms with Crippen LogP contribution in [0.2, 0.25) is 0 Å². The van der Waals surface area contributed by atoms with Gasteiger partial charge in [0.2, 0.25) is 0 Å². The first-order chi connectivity index (χ1) is 7.27. The quantitative estimate of drug-likeness (QED) is 0.750. The van der Waals surface area contributed by atoms with E-state index in [0.29, 0.717) is 12.6 Å². The Morgan fingerprint density at radius 1 is 1.27 bits per heavy atom. The molecule has 0 radical (unpaired) electrons. The van der Waals surface area contributed by atoms with Crippen LogP contribution in [0.25, 0.3) is 0 Å². The van der Waals surface area contributed by atoms with E-state index in [1.165, 1.54) is 17.5 Å². The molecule has 84 valence electrons. The predicted molar refractivity (Wildman–Crippen MR) is 63.9 cm³/mol. The molecule has 2 nitrogen and oxygen atoms in total. The van der Waals surface area contributed by atoms with Gasteiger partial charge in [0.25, 0.3) is 0 Å². The van der Waals surface area contributed by atoms with E-state index in [4.69, 9.17) is 5.11 Å². The van der Waals surface area contributed by atoms with Crippen molar-refractivity contribution in [2.24, 2.45) is 0 Å². The first kappa shape index (κ1) is 12.2. The lowest BCUT2D eigenvalue weighted by Gasteiger charge is -2.13. The summed E-state index contributed by atoms with van der Waals surface area (Å²) in [5.74, 6) is 0. The van der Waals surface area contributed by atoms with Gasteiger partial charge in [-0.2, -0.15) is 0 Å². The van der Waals surface area contributed by atoms with E-state index in [1.54, 1.807) is 0 Å². The van der Waals surface area contributed by atoms with Crippen molar-refractivity contribution in [1.29, 1.82) is 0 Å². The molecule has 0 aliphatic carbocycles. The van der Waals surface area contributed by atoms with Crippen LogP contribution < -0.4 is 5.32 Å². The zero-order valence-corrected chi connectivity index (χ0v) is 9.66. The van der Waals surface area contributed by atoms with Gasteiger partial charge in [0.15, 0.2) is 0 Å². The average molecular weight is 207 g/mol. The Kier molecular flexibility index (Phi) is 5.37. The highest BCUT2D eigenvalue weighted by atomic mass is 16.3. The first-order valence-electron chi connectivity index (χ1n) is 5.71. The summed E-state index contributed by atoms with van der Waals surface area (Å²) < 4.78 is 0. The number of hydrogen-bond donors (Lipinski definition) is 2. The van der Waals surface area contributed by atoms with Crippen molar-refractivity contribution in [3.8, 4) is 0 Å². The van der Waals surface area contributed by atoms with E-state index >= 15 is 0 Å². The molecule has 0 amide bonds. The lowest BCUT2D eigenvalue weighted by molar-refractivity contribution is 0.286. The van der Waals surface area contributed by atoms with Crippen molar-refractivity contribution in [3.63, 3.8) is 0 Å². The van der Waals surface area contributed by atoms with E-state index in [0.717, 1.165) is 6.42 Å². The highest BCUT2D eigenvalue weighted by Crippen LogP contribution is 2.13. The van der Waals surface area contributed by atoms with Crippen LogP contribution in [-0.4, -0.2) is 18.3 Å². The van der Waals surface area contributed by atoms with E-state index in [-0.39, 0.29) is 6.61 Å². The number of rotatable bonds is 6. The molecule has 0 unspecified atom stereocenters. The minimum atomic E-state index is 0.193. The molecule has 0 fully saturated rings. The van der Waals surface area contributed by atoms with Gasteiger partial charge in [-0.3, -0.25) is 0 Å². The molecule has 0 bridgehead atoms. The first-order valence-corrected chi connectivity index (χ1v) is 5.71. The van der Waals surface area contributed by atoms with Crippen molar-refractivity contribution in [1.82, 2.24) is 5.32 Å². The van der Waals surface area contributed by atoms with Crippen LogP contribution in [0.15, 0.2) is 24.3 Å². The molecule has 1 aromatic carbocycles. The van der Waals surface area contributed by atoms with Gasteiger partial charge >= 0.3 is 0 Å². The molecule has 0 aromatic heterocycles. The molecule has 1 rings (SSSR count). The number of aliphatic hydroxyl groups is 1. The second kappa shape index (κ2) is 6.59. The van der Waals surface area contributed by atoms with E-state index in [1.807, 2.05) is 0 Å². The monoisotopic (exact) mass is 207 g/mol. The van der Waals surface area contributed by atoms with Crippen molar-refractivity contribution in [2.75, 3.05) is 13.2 Å². The number of aliphatic hydroxyl groups excluding tert-OH is 1. The maximum absolute atomic E-state index is 8.71. The molecule has 1 atom stereocenters. The Bertz CT molecular complexity index is 268. The van der Waals surface area contributed by atoms with Crippen molar-refractivity contribution >= 4 is 0 Å². The predicted octanol–water partition coefficient (Wildman–Crippen LogP) is 2.28. The Hall–Kier alpha value is -0.860. The Balaban J connectivity index is 2.54. The van der Waals surface area contributed by atoms with Crippen LogP contribution in [0.4, 0.5) is 0 Å². The van der Waals surface area contributed by atoms with Gasteiger partial charge < -0.3 is 10.4 Å². The van der Waals surface area contributed by atoms with Crippen molar-refractivity contribution < 1.29 is 5.11 Å². The highest BCUT2D eigenvalue weighted by molar-refractivity contribution is 5.24. The van der Waals surface area contributed by atoms with Crippen LogP contribution in [0.3, 0.4) is 0 Å². The van der Waals surface area contributed by atoms with Gasteiger partial charge in [-0.25, -0.2) is 0 Å². The van der Waals surface area contributed by atoms with Crippen LogP contribution >= 0.6 is 0 Å². The molecular formula is C13H21NO. The third-order valence-corrected chi connectivity index (χ3v) is 2.58. The van der Waals surface area contributed by atoms with E-state index < -0.39 is 0 Å². The van der Waals surface area contributed by atoms with Gasteiger partial charge in [-0.1, -0.05) is 37.6 Å². The average Bonchev–Trinajstić information content (AvgIpc) is 2.27. The second-order valence-electron chi connectivity index (χ2n) is 3.89. The molecule has 1 aromatic rings. The lowest BCUT2D eigenvalue weighted by atomic mass is 10.0. The van der Waals surface area contributed by atoms with Gasteiger partial charge in [0.1, 0.15) is 0 Å². The Morgan fingerprint density at radius 2 is 1.93 bits per heavy atom. The molecule has 2 heteroatoms. The maximum atomic E-state index is 8.71. The minimum absolute atomic E-state index is 0.193. The number of nitrogens with one attached hydrogen (secondary N) is 1. The summed E-state index contributed by atoms with van der Waals surface area (Å²) in [7, 11) is 0. The molecule has 0 saturated carbocycles. The lowest BCUT2D eigenvalue weighted by Crippen LogP contribution is -2.21. The van der Waals surface area contributed by atoms with Gasteiger partial charge in [0, 0.05) is 12.6 Å². The second-order valence-corrected chi connectivity index (χ2v) is 3.89. The molecule has 15 heavy (non-hydrogen) atoms. The van der Waals surface area contributed by atoms with Crippen molar-refractivity contribution in [3.05, 3.63) is 35.4 Å². The summed E-state index contributed by atoms with van der Waals surface area (Å²) >= 11 is 0. The van der Waals surface area contributed by atoms with Crippen LogP contribution in [0, 0.1) is 0 Å². The fraction of sp³-hybridized carbons (Fsp3) is 0.538. The third-order valence-electron chi connectivity index (χ3n) is 2.58. The standard InChI is InChI=1S/C13H21NO/c1-3-4-12-5-7-13(8-6-12)11(2)14-9-10-15/h5-8,11,14-15H,3-4,9-10H2,1-2H3/t11-/m0/s1. The van der Waals surface area contributed by atoms with Gasteiger partial charge in [0.05, 0.1) is 6.61 Å². The minimum Gasteiger partial charge on any atom is -0.395 e. The SMILES string of the molecule is CCCc1ccc([C@H](C)NCCO)cc1. The molecule has 0 spiro atoms. The zero-order valence-electron chi connectivity index (χ0n) is 9.66. The summed E-state index contributed by atoms with van der Waals surface area (Å²) in [6.45, 7) is 5.15. The zero-order chi connectivity index (χ0) is 11.1. The summed E-state index contributed by atoms with van der Waals surface area (Å²) in [6, 6.07) is 9.03. The van der Waals surface area contributed by atoms with Gasteiger partial charge in [-0.15, -0.1) is 0 Å². The number of hydrogen-bond acceptors (Lipinski definition) is 2. The number of aryl methyl sites for hydroxylation is 1. The third kappa shape index (κ3) is 4.02. The molecular weight excluding hydrogens is 186 g/mol. The van der Waals surface area contributed by atoms with E-state index in [2.05, 4.69) is 43.4 Å². The summed E-state index contributed by atoms with van der Waals surface area (Å²) in [5, 5.41) is 12.0. The maximum Gasteiger partial charge on any atom is 0.0556 e. The van der Waals surface area contributed by atoms with Crippen LogP contribution in [-0.2, 0) is 6.42 Å². The van der Waals surface area contributed by atoms with Crippen LogP contribution in [0.1, 0.15) is 37.4 Å². The molecule has 2 N–H and O–H groups in total. The van der Waals surface area contributed by atoms with Gasteiger partial charge in [-0.05, 0) is 24.5 Å². The van der Waals surface area contributed by atoms with E-state index in [9.17, 15) is 0 Å². The fourth-order valence-electron chi connectivity index (χ4n) is 1.66. The summed E-state index contributed by atoms with van der Waals surface area (Å²) in [6.07, 6.45) is 2.34. The molecule has 0 aliphatic rings. The topological polar surface area (TPSA) is 32.3 Å². The number of benzene rings is 1. The molecule has 0 aliphatic heterocycles. The fourth-order valence-corrected chi connectivity index (χ4v) is 1.66.